The topological polar surface area (TPSA) is 118 Å². The van der Waals surface area contributed by atoms with Gasteiger partial charge in [0.2, 0.25) is 5.91 Å². The van der Waals surface area contributed by atoms with Crippen LogP contribution in [0.15, 0.2) is 48.5 Å². The summed E-state index contributed by atoms with van der Waals surface area (Å²) in [6.07, 6.45) is 1.07. The number of ether oxygens (including phenoxy) is 1. The van der Waals surface area contributed by atoms with E-state index in [1.165, 1.54) is 0 Å². The lowest BCUT2D eigenvalue weighted by atomic mass is 9.96. The number of H-pyrrole nitrogens is 1. The molecule has 0 spiro atoms. The van der Waals surface area contributed by atoms with Crippen LogP contribution in [0.25, 0.3) is 22.4 Å². The van der Waals surface area contributed by atoms with Crippen molar-refractivity contribution in [3.05, 3.63) is 54.1 Å². The quantitative estimate of drug-likeness (QED) is 0.629. The van der Waals surface area contributed by atoms with Gasteiger partial charge in [-0.25, -0.2) is 9.78 Å². The highest BCUT2D eigenvalue weighted by atomic mass is 16.5. The number of amides is 2. The first-order valence-corrected chi connectivity index (χ1v) is 9.80. The summed E-state index contributed by atoms with van der Waals surface area (Å²) in [4.78, 5) is 45.3. The molecule has 2 heterocycles. The highest BCUT2D eigenvalue weighted by Gasteiger charge is 2.26. The summed E-state index contributed by atoms with van der Waals surface area (Å²) in [5, 5.41) is 0. The molecule has 0 saturated carbocycles. The average Bonchev–Trinajstić information content (AvgIpc) is 3.21. The van der Waals surface area contributed by atoms with Crippen LogP contribution in [0.2, 0.25) is 0 Å². The van der Waals surface area contributed by atoms with Gasteiger partial charge in [0, 0.05) is 24.6 Å². The molecule has 1 saturated heterocycles. The molecule has 1 aliphatic rings. The van der Waals surface area contributed by atoms with Crippen LogP contribution in [0.1, 0.15) is 23.2 Å². The molecule has 1 aliphatic heterocycles. The first-order chi connectivity index (χ1) is 14.5. The Kier molecular flexibility index (Phi) is 5.47. The minimum Gasteiger partial charge on any atom is -0.452 e. The fourth-order valence-corrected chi connectivity index (χ4v) is 3.58. The molecule has 1 aromatic heterocycles. The number of primary amides is 1. The first kappa shape index (κ1) is 19.6. The van der Waals surface area contributed by atoms with Crippen LogP contribution in [0.3, 0.4) is 0 Å². The number of likely N-dealkylation sites (tertiary alicyclic amines) is 1. The Balaban J connectivity index is 1.37. The zero-order valence-corrected chi connectivity index (χ0v) is 16.3. The van der Waals surface area contributed by atoms with Crippen molar-refractivity contribution >= 4 is 28.8 Å². The van der Waals surface area contributed by atoms with Crippen LogP contribution in [0, 0.1) is 5.92 Å². The summed E-state index contributed by atoms with van der Waals surface area (Å²) in [5.41, 5.74) is 8.04. The highest BCUT2D eigenvalue weighted by molar-refractivity contribution is 5.95. The summed E-state index contributed by atoms with van der Waals surface area (Å²) in [5.74, 6) is -0.671. The van der Waals surface area contributed by atoms with Gasteiger partial charge in [-0.15, -0.1) is 0 Å². The third-order valence-electron chi connectivity index (χ3n) is 5.34. The van der Waals surface area contributed by atoms with Crippen LogP contribution in [-0.4, -0.2) is 52.3 Å². The van der Waals surface area contributed by atoms with Crippen molar-refractivity contribution < 1.29 is 19.1 Å². The SMILES string of the molecule is NC(=O)C1CCN(C(=O)COC(=O)c2ccc3nc(-c4ccccc4)[nH]c3c2)CC1. The lowest BCUT2D eigenvalue weighted by molar-refractivity contribution is -0.137. The number of carbonyl (C=O) groups excluding carboxylic acids is 3. The van der Waals surface area contributed by atoms with Crippen molar-refractivity contribution in [2.24, 2.45) is 11.7 Å². The van der Waals surface area contributed by atoms with Crippen LogP contribution in [0.5, 0.6) is 0 Å². The third-order valence-corrected chi connectivity index (χ3v) is 5.34. The first-order valence-electron chi connectivity index (χ1n) is 9.80. The molecule has 0 bridgehead atoms. The zero-order chi connectivity index (χ0) is 21.1. The van der Waals surface area contributed by atoms with E-state index >= 15 is 0 Å². The van der Waals surface area contributed by atoms with Crippen molar-refractivity contribution in [3.63, 3.8) is 0 Å². The molecule has 0 atom stereocenters. The molecule has 30 heavy (non-hydrogen) atoms. The summed E-state index contributed by atoms with van der Waals surface area (Å²) >= 11 is 0. The monoisotopic (exact) mass is 406 g/mol. The summed E-state index contributed by atoms with van der Waals surface area (Å²) < 4.78 is 5.20. The van der Waals surface area contributed by atoms with E-state index in [1.54, 1.807) is 23.1 Å². The zero-order valence-electron chi connectivity index (χ0n) is 16.3. The maximum Gasteiger partial charge on any atom is 0.338 e. The van der Waals surface area contributed by atoms with Crippen LogP contribution >= 0.6 is 0 Å². The van der Waals surface area contributed by atoms with E-state index in [9.17, 15) is 14.4 Å². The number of rotatable bonds is 5. The number of hydrogen-bond donors (Lipinski definition) is 2. The standard InChI is InChI=1S/C22H22N4O4/c23-20(28)14-8-10-26(11-9-14)19(27)13-30-22(29)16-6-7-17-18(12-16)25-21(24-17)15-4-2-1-3-5-15/h1-7,12,14H,8-11,13H2,(H2,23,28)(H,24,25). The molecule has 0 aliphatic carbocycles. The van der Waals surface area contributed by atoms with Gasteiger partial charge in [0.15, 0.2) is 6.61 Å². The lowest BCUT2D eigenvalue weighted by Crippen LogP contribution is -2.43. The molecule has 8 heteroatoms. The number of hydrogen-bond acceptors (Lipinski definition) is 5. The van der Waals surface area contributed by atoms with Crippen LogP contribution < -0.4 is 5.73 Å². The fraction of sp³-hybridized carbons (Fsp3) is 0.273. The Morgan fingerprint density at radius 3 is 2.53 bits per heavy atom. The van der Waals surface area contributed by atoms with Crippen molar-refractivity contribution in [2.75, 3.05) is 19.7 Å². The Morgan fingerprint density at radius 2 is 1.83 bits per heavy atom. The smallest absolute Gasteiger partial charge is 0.338 e. The molecule has 3 N–H and O–H groups in total. The normalized spacial score (nSPS) is 14.6. The maximum absolute atomic E-state index is 12.4. The number of nitrogens with one attached hydrogen (secondary N) is 1. The Labute approximate surface area is 173 Å². The second kappa shape index (κ2) is 8.36. The number of piperidine rings is 1. The highest BCUT2D eigenvalue weighted by Crippen LogP contribution is 2.21. The Hall–Kier alpha value is -3.68. The second-order valence-electron chi connectivity index (χ2n) is 7.32. The van der Waals surface area contributed by atoms with Gasteiger partial charge in [0.1, 0.15) is 5.82 Å². The minimum absolute atomic E-state index is 0.196. The van der Waals surface area contributed by atoms with Gasteiger partial charge in [-0.05, 0) is 31.0 Å². The average molecular weight is 406 g/mol. The molecule has 8 nitrogen and oxygen atoms in total. The van der Waals surface area contributed by atoms with E-state index < -0.39 is 5.97 Å². The maximum atomic E-state index is 12.4. The summed E-state index contributed by atoms with van der Waals surface area (Å²) in [6.45, 7) is 0.537. The van der Waals surface area contributed by atoms with Gasteiger partial charge in [-0.1, -0.05) is 30.3 Å². The predicted molar refractivity (Wildman–Crippen MR) is 110 cm³/mol. The number of aromatic amines is 1. The summed E-state index contributed by atoms with van der Waals surface area (Å²) in [7, 11) is 0. The number of benzene rings is 2. The molecule has 4 rings (SSSR count). The number of imidazole rings is 1. The number of aromatic nitrogens is 2. The number of nitrogens with two attached hydrogens (primary N) is 1. The number of esters is 1. The van der Waals surface area contributed by atoms with E-state index in [2.05, 4.69) is 9.97 Å². The molecular formula is C22H22N4O4. The van der Waals surface area contributed by atoms with Gasteiger partial charge >= 0.3 is 5.97 Å². The molecular weight excluding hydrogens is 384 g/mol. The van der Waals surface area contributed by atoms with Crippen molar-refractivity contribution in [1.82, 2.24) is 14.9 Å². The minimum atomic E-state index is -0.576. The lowest BCUT2D eigenvalue weighted by Gasteiger charge is -2.30. The Bertz CT molecular complexity index is 1080. The van der Waals surface area contributed by atoms with E-state index in [0.29, 0.717) is 42.8 Å². The van der Waals surface area contributed by atoms with Gasteiger partial charge in [-0.2, -0.15) is 0 Å². The van der Waals surface area contributed by atoms with Crippen LogP contribution in [-0.2, 0) is 14.3 Å². The molecule has 1 fully saturated rings. The van der Waals surface area contributed by atoms with Gasteiger partial charge in [0.25, 0.3) is 5.91 Å². The van der Waals surface area contributed by atoms with Crippen LogP contribution in [0.4, 0.5) is 0 Å². The second-order valence-corrected chi connectivity index (χ2v) is 7.32. The molecule has 3 aromatic rings. The number of fused-ring (bicyclic) bond motifs is 1. The van der Waals surface area contributed by atoms with Gasteiger partial charge < -0.3 is 20.4 Å². The van der Waals surface area contributed by atoms with E-state index in [-0.39, 0.29) is 24.3 Å². The number of carbonyl (C=O) groups is 3. The third kappa shape index (κ3) is 4.17. The number of nitrogens with zero attached hydrogens (tertiary/aromatic N) is 2. The van der Waals surface area contributed by atoms with E-state index in [4.69, 9.17) is 10.5 Å². The van der Waals surface area contributed by atoms with E-state index in [0.717, 1.165) is 11.1 Å². The largest absolute Gasteiger partial charge is 0.452 e. The molecule has 2 aromatic carbocycles. The van der Waals surface area contributed by atoms with Crippen molar-refractivity contribution in [1.29, 1.82) is 0 Å². The summed E-state index contributed by atoms with van der Waals surface area (Å²) in [6, 6.07) is 14.7. The molecule has 0 unspecified atom stereocenters. The molecule has 154 valence electrons. The van der Waals surface area contributed by atoms with Gasteiger partial charge in [-0.3, -0.25) is 9.59 Å². The molecule has 0 radical (unpaired) electrons. The van der Waals surface area contributed by atoms with Crippen molar-refractivity contribution in [3.8, 4) is 11.4 Å². The van der Waals surface area contributed by atoms with Gasteiger partial charge in [0.05, 0.1) is 16.6 Å². The predicted octanol–water partition coefficient (Wildman–Crippen LogP) is 2.11. The van der Waals surface area contributed by atoms with E-state index in [1.807, 2.05) is 30.3 Å². The molecule has 2 amide bonds. The Morgan fingerprint density at radius 1 is 1.10 bits per heavy atom. The van der Waals surface area contributed by atoms with Crippen molar-refractivity contribution in [2.45, 2.75) is 12.8 Å². The fourth-order valence-electron chi connectivity index (χ4n) is 3.58.